The van der Waals surface area contributed by atoms with Crippen molar-refractivity contribution in [2.45, 2.75) is 69.5 Å². The van der Waals surface area contributed by atoms with Crippen LogP contribution < -0.4 is 16.0 Å². The number of para-hydroxylation sites is 1. The van der Waals surface area contributed by atoms with Crippen LogP contribution in [-0.4, -0.2) is 59.9 Å². The Morgan fingerprint density at radius 1 is 0.925 bits per heavy atom. The highest BCUT2D eigenvalue weighted by Crippen LogP contribution is 2.51. The third-order valence-electron chi connectivity index (χ3n) is 9.37. The molecule has 4 amide bonds. The van der Waals surface area contributed by atoms with Crippen LogP contribution in [-0.2, 0) is 9.59 Å². The molecule has 0 aromatic heterocycles. The molecule has 1 aliphatic carbocycles. The molecule has 2 aromatic carbocycles. The van der Waals surface area contributed by atoms with Crippen molar-refractivity contribution in [3.8, 4) is 0 Å². The Labute approximate surface area is 236 Å². The second-order valence-corrected chi connectivity index (χ2v) is 11.8. The van der Waals surface area contributed by atoms with E-state index >= 15 is 0 Å². The highest BCUT2D eigenvalue weighted by atomic mass is 16.2. The summed E-state index contributed by atoms with van der Waals surface area (Å²) < 4.78 is 0. The third kappa shape index (κ3) is 5.40. The number of nitrogens with one attached hydrogen (secondary N) is 3. The first-order chi connectivity index (χ1) is 19.6. The van der Waals surface area contributed by atoms with Gasteiger partial charge in [0.1, 0.15) is 0 Å². The number of urea groups is 1. The second-order valence-electron chi connectivity index (χ2n) is 11.8. The van der Waals surface area contributed by atoms with Crippen molar-refractivity contribution < 1.29 is 14.4 Å². The van der Waals surface area contributed by atoms with E-state index in [1.54, 1.807) is 0 Å². The lowest BCUT2D eigenvalue weighted by Gasteiger charge is -2.42. The van der Waals surface area contributed by atoms with E-state index in [1.165, 1.54) is 11.1 Å². The number of rotatable bonds is 7. The van der Waals surface area contributed by atoms with E-state index in [0.717, 1.165) is 63.7 Å². The standard InChI is InChI=1S/C32H41N5O3/c38-28-16-8-19-36(28)20-9-18-33-32(40)35-27-15-7-5-13-24(27)31(39)37-21-17-25-29(22-10-2-1-3-11-22)34-26-14-6-4-12-23(26)30(25)37/h1-4,6,10-12,14,24-25,27,29-30,34H,5,7-9,13,15-21H2,(H2,33,35,40)/t24-,25-,27+,29-,30-/m0/s1. The largest absolute Gasteiger partial charge is 0.378 e. The fraction of sp³-hybridized carbons (Fsp3) is 0.531. The lowest BCUT2D eigenvalue weighted by molar-refractivity contribution is -0.139. The molecule has 212 valence electrons. The van der Waals surface area contributed by atoms with Gasteiger partial charge in [0.25, 0.3) is 0 Å². The van der Waals surface area contributed by atoms with E-state index in [0.29, 0.717) is 25.4 Å². The van der Waals surface area contributed by atoms with Crippen molar-refractivity contribution in [2.75, 3.05) is 31.5 Å². The van der Waals surface area contributed by atoms with Crippen LogP contribution in [0.25, 0.3) is 0 Å². The summed E-state index contributed by atoms with van der Waals surface area (Å²) in [6.07, 6.45) is 6.89. The zero-order valence-electron chi connectivity index (χ0n) is 23.2. The molecule has 4 aliphatic rings. The molecule has 8 heteroatoms. The highest BCUT2D eigenvalue weighted by Gasteiger charge is 2.48. The van der Waals surface area contributed by atoms with E-state index in [1.807, 2.05) is 11.0 Å². The number of nitrogens with zero attached hydrogens (tertiary/aromatic N) is 2. The van der Waals surface area contributed by atoms with Gasteiger partial charge in [0, 0.05) is 50.2 Å². The van der Waals surface area contributed by atoms with Gasteiger partial charge in [0.15, 0.2) is 0 Å². The van der Waals surface area contributed by atoms with Crippen molar-refractivity contribution >= 4 is 23.5 Å². The molecule has 0 radical (unpaired) electrons. The maximum atomic E-state index is 14.2. The summed E-state index contributed by atoms with van der Waals surface area (Å²) in [6, 6.07) is 18.8. The maximum absolute atomic E-state index is 14.2. The quantitative estimate of drug-likeness (QED) is 0.445. The summed E-state index contributed by atoms with van der Waals surface area (Å²) in [4.78, 5) is 42.9. The molecule has 6 rings (SSSR count). The number of fused-ring (bicyclic) bond motifs is 3. The number of carbonyl (C=O) groups is 3. The Kier molecular flexibility index (Phi) is 7.93. The second kappa shape index (κ2) is 11.9. The first kappa shape index (κ1) is 26.7. The van der Waals surface area contributed by atoms with E-state index in [2.05, 4.69) is 69.4 Å². The van der Waals surface area contributed by atoms with Gasteiger partial charge in [0.2, 0.25) is 11.8 Å². The summed E-state index contributed by atoms with van der Waals surface area (Å²) in [5, 5.41) is 9.88. The van der Waals surface area contributed by atoms with Crippen molar-refractivity contribution in [1.29, 1.82) is 0 Å². The minimum absolute atomic E-state index is 0.0276. The van der Waals surface area contributed by atoms with Crippen molar-refractivity contribution in [1.82, 2.24) is 20.4 Å². The van der Waals surface area contributed by atoms with Gasteiger partial charge in [0.05, 0.1) is 18.0 Å². The van der Waals surface area contributed by atoms with Crippen molar-refractivity contribution in [2.24, 2.45) is 11.8 Å². The molecule has 3 fully saturated rings. The highest BCUT2D eigenvalue weighted by molar-refractivity contribution is 5.83. The predicted octanol–water partition coefficient (Wildman–Crippen LogP) is 4.61. The van der Waals surface area contributed by atoms with E-state index in [9.17, 15) is 14.4 Å². The van der Waals surface area contributed by atoms with Gasteiger partial charge in [-0.05, 0) is 49.3 Å². The van der Waals surface area contributed by atoms with Gasteiger partial charge in [-0.1, -0.05) is 61.4 Å². The van der Waals surface area contributed by atoms with Crippen LogP contribution in [0.1, 0.15) is 74.6 Å². The molecule has 2 aromatic rings. The Morgan fingerprint density at radius 3 is 2.55 bits per heavy atom. The molecular formula is C32H41N5O3. The van der Waals surface area contributed by atoms with Gasteiger partial charge in [-0.15, -0.1) is 0 Å². The summed E-state index contributed by atoms with van der Waals surface area (Å²) in [7, 11) is 0. The molecule has 3 N–H and O–H groups in total. The summed E-state index contributed by atoms with van der Waals surface area (Å²) in [6.45, 7) is 2.75. The maximum Gasteiger partial charge on any atom is 0.315 e. The summed E-state index contributed by atoms with van der Waals surface area (Å²) in [5.41, 5.74) is 3.55. The van der Waals surface area contributed by atoms with E-state index in [-0.39, 0.29) is 41.9 Å². The third-order valence-corrected chi connectivity index (χ3v) is 9.37. The zero-order valence-corrected chi connectivity index (χ0v) is 23.2. The van der Waals surface area contributed by atoms with Crippen LogP contribution in [0.15, 0.2) is 54.6 Å². The topological polar surface area (TPSA) is 93.8 Å². The Morgan fingerprint density at radius 2 is 1.73 bits per heavy atom. The summed E-state index contributed by atoms with van der Waals surface area (Å²) in [5.74, 6) is 0.469. The minimum atomic E-state index is -0.215. The van der Waals surface area contributed by atoms with E-state index < -0.39 is 0 Å². The van der Waals surface area contributed by atoms with Gasteiger partial charge >= 0.3 is 6.03 Å². The molecule has 40 heavy (non-hydrogen) atoms. The van der Waals surface area contributed by atoms with Crippen LogP contribution in [0.4, 0.5) is 10.5 Å². The molecule has 1 saturated carbocycles. The Balaban J connectivity index is 1.12. The normalized spacial score (nSPS) is 27.5. The Bertz CT molecular complexity index is 1220. The number of hydrogen-bond donors (Lipinski definition) is 3. The van der Waals surface area contributed by atoms with Gasteiger partial charge in [-0.25, -0.2) is 4.79 Å². The van der Waals surface area contributed by atoms with Crippen LogP contribution in [0.2, 0.25) is 0 Å². The number of benzene rings is 2. The SMILES string of the molecule is O=C(NCCCN1CCCC1=O)N[C@@H]1CCCC[C@@H]1C(=O)N1CC[C@H]2[C@H](c3ccccc3)Nc3ccccc3[C@@H]21. The van der Waals surface area contributed by atoms with Gasteiger partial charge < -0.3 is 25.8 Å². The van der Waals surface area contributed by atoms with Crippen molar-refractivity contribution in [3.63, 3.8) is 0 Å². The number of amides is 4. The first-order valence-corrected chi connectivity index (χ1v) is 15.1. The fourth-order valence-corrected chi connectivity index (χ4v) is 7.41. The molecule has 2 saturated heterocycles. The summed E-state index contributed by atoms with van der Waals surface area (Å²) >= 11 is 0. The van der Waals surface area contributed by atoms with Gasteiger partial charge in [-0.3, -0.25) is 9.59 Å². The van der Waals surface area contributed by atoms with E-state index in [4.69, 9.17) is 0 Å². The molecule has 0 unspecified atom stereocenters. The van der Waals surface area contributed by atoms with Crippen LogP contribution in [0, 0.1) is 11.8 Å². The van der Waals surface area contributed by atoms with Crippen LogP contribution >= 0.6 is 0 Å². The van der Waals surface area contributed by atoms with Gasteiger partial charge in [-0.2, -0.15) is 0 Å². The molecule has 3 aliphatic heterocycles. The first-order valence-electron chi connectivity index (χ1n) is 15.1. The zero-order chi connectivity index (χ0) is 27.5. The average molecular weight is 544 g/mol. The number of likely N-dealkylation sites (tertiary alicyclic amines) is 2. The molecule has 0 bridgehead atoms. The molecule has 0 spiro atoms. The minimum Gasteiger partial charge on any atom is -0.378 e. The monoisotopic (exact) mass is 543 g/mol. The van der Waals surface area contributed by atoms with Crippen LogP contribution in [0.3, 0.4) is 0 Å². The number of anilines is 1. The molecule has 3 heterocycles. The Hall–Kier alpha value is -3.55. The number of carbonyl (C=O) groups excluding carboxylic acids is 3. The average Bonchev–Trinajstić information content (AvgIpc) is 3.62. The fourth-order valence-electron chi connectivity index (χ4n) is 7.41. The predicted molar refractivity (Wildman–Crippen MR) is 155 cm³/mol. The number of hydrogen-bond acceptors (Lipinski definition) is 4. The molecular weight excluding hydrogens is 502 g/mol. The molecule has 5 atom stereocenters. The molecule has 8 nitrogen and oxygen atoms in total. The smallest absolute Gasteiger partial charge is 0.315 e. The van der Waals surface area contributed by atoms with Crippen molar-refractivity contribution in [3.05, 3.63) is 65.7 Å². The van der Waals surface area contributed by atoms with Crippen LogP contribution in [0.5, 0.6) is 0 Å². The lowest BCUT2D eigenvalue weighted by Crippen LogP contribution is -2.52. The lowest BCUT2D eigenvalue weighted by atomic mass is 9.79.